The van der Waals surface area contributed by atoms with Gasteiger partial charge in [-0.25, -0.2) is 9.18 Å². The molecule has 2 rings (SSSR count). The van der Waals surface area contributed by atoms with Gasteiger partial charge in [0.05, 0.1) is 19.4 Å². The zero-order valence-corrected chi connectivity index (χ0v) is 17.0. The van der Waals surface area contributed by atoms with Crippen molar-refractivity contribution in [3.8, 4) is 0 Å². The van der Waals surface area contributed by atoms with Gasteiger partial charge in [-0.1, -0.05) is 20.8 Å². The lowest BCUT2D eigenvalue weighted by molar-refractivity contribution is -0.148. The van der Waals surface area contributed by atoms with Crippen LogP contribution in [0.5, 0.6) is 0 Å². The van der Waals surface area contributed by atoms with Gasteiger partial charge in [0, 0.05) is 0 Å². The standard InChI is InChI=1S/C16H26F2N2O6Si/c1-15(2,3)27(4,5)26-11-10(18)13(25-16(11,7-21)8-22)20-6-9(17)12(23)19-14(20)24/h6,10-11,13,21-22H,7-8H2,1-5H3,(H,19,23,24)/t10-,11-,13+/m0/s1. The number of rotatable bonds is 5. The quantitative estimate of drug-likeness (QED) is 0.617. The van der Waals surface area contributed by atoms with Gasteiger partial charge in [0.25, 0.3) is 5.56 Å². The Labute approximate surface area is 155 Å². The van der Waals surface area contributed by atoms with Gasteiger partial charge < -0.3 is 19.4 Å². The van der Waals surface area contributed by atoms with E-state index in [9.17, 15) is 24.2 Å². The highest BCUT2D eigenvalue weighted by Crippen LogP contribution is 2.45. The molecule has 2 heterocycles. The topological polar surface area (TPSA) is 114 Å². The largest absolute Gasteiger partial charge is 0.408 e. The van der Waals surface area contributed by atoms with Crippen molar-refractivity contribution in [3.63, 3.8) is 0 Å². The Morgan fingerprint density at radius 1 is 1.33 bits per heavy atom. The van der Waals surface area contributed by atoms with Crippen LogP contribution < -0.4 is 11.2 Å². The summed E-state index contributed by atoms with van der Waals surface area (Å²) in [4.78, 5) is 24.9. The van der Waals surface area contributed by atoms with Crippen LogP contribution in [0.1, 0.15) is 27.0 Å². The monoisotopic (exact) mass is 408 g/mol. The summed E-state index contributed by atoms with van der Waals surface area (Å²) in [6.07, 6.45) is -4.54. The number of hydrogen-bond acceptors (Lipinski definition) is 6. The van der Waals surface area contributed by atoms with Gasteiger partial charge in [-0.2, -0.15) is 4.39 Å². The molecule has 0 bridgehead atoms. The zero-order chi connectivity index (χ0) is 20.8. The number of halogens is 2. The molecule has 0 unspecified atom stereocenters. The Morgan fingerprint density at radius 3 is 2.37 bits per heavy atom. The molecular weight excluding hydrogens is 382 g/mol. The van der Waals surface area contributed by atoms with E-state index in [1.54, 1.807) is 4.98 Å². The Balaban J connectivity index is 2.50. The molecule has 0 spiro atoms. The fourth-order valence-corrected chi connectivity index (χ4v) is 3.98. The van der Waals surface area contributed by atoms with E-state index in [4.69, 9.17) is 9.16 Å². The Morgan fingerprint density at radius 2 is 1.89 bits per heavy atom. The fraction of sp³-hybridized carbons (Fsp3) is 0.750. The molecule has 3 N–H and O–H groups in total. The predicted octanol–water partition coefficient (Wildman–Crippen LogP) is 0.656. The van der Waals surface area contributed by atoms with Crippen LogP contribution in [0.25, 0.3) is 0 Å². The second kappa shape index (κ2) is 7.21. The highest BCUT2D eigenvalue weighted by molar-refractivity contribution is 6.74. The minimum Gasteiger partial charge on any atom is -0.408 e. The highest BCUT2D eigenvalue weighted by atomic mass is 28.4. The third-order valence-corrected chi connectivity index (χ3v) is 9.85. The maximum absolute atomic E-state index is 15.3. The molecule has 8 nitrogen and oxygen atoms in total. The van der Waals surface area contributed by atoms with Crippen LogP contribution in [0.2, 0.25) is 18.1 Å². The summed E-state index contributed by atoms with van der Waals surface area (Å²) in [6.45, 7) is 7.96. The second-order valence-corrected chi connectivity index (χ2v) is 13.0. The van der Waals surface area contributed by atoms with Crippen molar-refractivity contribution in [2.45, 2.75) is 63.0 Å². The molecule has 0 amide bonds. The second-order valence-electron chi connectivity index (χ2n) is 8.28. The van der Waals surface area contributed by atoms with Crippen LogP contribution in [0.4, 0.5) is 8.78 Å². The number of aromatic nitrogens is 2. The lowest BCUT2D eigenvalue weighted by Crippen LogP contribution is -2.56. The van der Waals surface area contributed by atoms with Crippen molar-refractivity contribution in [1.82, 2.24) is 9.55 Å². The smallest absolute Gasteiger partial charge is 0.330 e. The molecule has 1 aliphatic rings. The summed E-state index contributed by atoms with van der Waals surface area (Å²) in [7, 11) is -2.56. The first-order valence-corrected chi connectivity index (χ1v) is 11.4. The zero-order valence-electron chi connectivity index (χ0n) is 16.0. The molecule has 0 aromatic carbocycles. The van der Waals surface area contributed by atoms with Crippen molar-refractivity contribution in [2.75, 3.05) is 13.2 Å². The number of aliphatic hydroxyl groups is 2. The Bertz CT molecular complexity index is 799. The number of nitrogens with zero attached hydrogens (tertiary/aromatic N) is 1. The van der Waals surface area contributed by atoms with E-state index in [-0.39, 0.29) is 5.04 Å². The maximum Gasteiger partial charge on any atom is 0.330 e. The normalized spacial score (nSPS) is 25.7. The first-order valence-electron chi connectivity index (χ1n) is 8.52. The summed E-state index contributed by atoms with van der Waals surface area (Å²) >= 11 is 0. The van der Waals surface area contributed by atoms with E-state index < -0.39 is 62.7 Å². The lowest BCUT2D eigenvalue weighted by Gasteiger charge is -2.42. The average Bonchev–Trinajstić information content (AvgIpc) is 2.83. The fourth-order valence-electron chi connectivity index (χ4n) is 2.64. The third kappa shape index (κ3) is 3.79. The minimum absolute atomic E-state index is 0.303. The molecular formula is C16H26F2N2O6Si. The average molecular weight is 408 g/mol. The van der Waals surface area contributed by atoms with Crippen LogP contribution in [-0.2, 0) is 9.16 Å². The van der Waals surface area contributed by atoms with Crippen LogP contribution in [0.15, 0.2) is 15.8 Å². The van der Waals surface area contributed by atoms with E-state index in [0.717, 1.165) is 0 Å². The summed E-state index contributed by atoms with van der Waals surface area (Å²) in [5.74, 6) is -1.29. The molecule has 27 heavy (non-hydrogen) atoms. The van der Waals surface area contributed by atoms with Crippen molar-refractivity contribution >= 4 is 8.32 Å². The highest BCUT2D eigenvalue weighted by Gasteiger charge is 2.59. The summed E-state index contributed by atoms with van der Waals surface area (Å²) in [5.41, 5.74) is -4.15. The molecule has 1 aromatic rings. The first-order chi connectivity index (χ1) is 12.3. The Hall–Kier alpha value is -1.40. The molecule has 154 valence electrons. The van der Waals surface area contributed by atoms with Gasteiger partial charge in [0.2, 0.25) is 5.82 Å². The van der Waals surface area contributed by atoms with Gasteiger partial charge in [-0.05, 0) is 18.1 Å². The SMILES string of the molecule is CC(C)(C)[Si](C)(C)O[C@H]1[C@H](F)[C@H](n2cc(F)c(=O)[nH]c2=O)OC1(CO)CO. The number of hydrogen-bond donors (Lipinski definition) is 3. The number of aromatic amines is 1. The van der Waals surface area contributed by atoms with Crippen molar-refractivity contribution in [1.29, 1.82) is 0 Å². The predicted molar refractivity (Wildman–Crippen MR) is 95.3 cm³/mol. The van der Waals surface area contributed by atoms with E-state index in [0.29, 0.717) is 10.8 Å². The molecule has 3 atom stereocenters. The van der Waals surface area contributed by atoms with Crippen LogP contribution in [0.3, 0.4) is 0 Å². The van der Waals surface area contributed by atoms with Crippen LogP contribution in [-0.4, -0.2) is 59.2 Å². The van der Waals surface area contributed by atoms with E-state index >= 15 is 4.39 Å². The van der Waals surface area contributed by atoms with Crippen LogP contribution in [0, 0.1) is 5.82 Å². The summed E-state index contributed by atoms with van der Waals surface area (Å²) < 4.78 is 41.0. The maximum atomic E-state index is 15.3. The van der Waals surface area contributed by atoms with Crippen molar-refractivity contribution in [2.24, 2.45) is 0 Å². The molecule has 0 radical (unpaired) electrons. The summed E-state index contributed by atoms with van der Waals surface area (Å²) in [6, 6.07) is 0. The molecule has 0 saturated carbocycles. The minimum atomic E-state index is -2.56. The van der Waals surface area contributed by atoms with Crippen molar-refractivity contribution < 1.29 is 28.2 Å². The Kier molecular flexibility index (Phi) is 5.84. The third-order valence-electron chi connectivity index (χ3n) is 5.40. The van der Waals surface area contributed by atoms with E-state index in [1.807, 2.05) is 33.9 Å². The number of ether oxygens (including phenoxy) is 1. The molecule has 11 heteroatoms. The van der Waals surface area contributed by atoms with Crippen LogP contribution >= 0.6 is 0 Å². The number of nitrogens with one attached hydrogen (secondary N) is 1. The number of alkyl halides is 1. The van der Waals surface area contributed by atoms with Crippen molar-refractivity contribution in [3.05, 3.63) is 32.9 Å². The van der Waals surface area contributed by atoms with Gasteiger partial charge in [0.15, 0.2) is 20.7 Å². The molecule has 1 fully saturated rings. The van der Waals surface area contributed by atoms with E-state index in [2.05, 4.69) is 0 Å². The van der Waals surface area contributed by atoms with Gasteiger partial charge in [0.1, 0.15) is 11.7 Å². The molecule has 1 aromatic heterocycles. The van der Waals surface area contributed by atoms with Gasteiger partial charge >= 0.3 is 5.69 Å². The van der Waals surface area contributed by atoms with Gasteiger partial charge in [-0.15, -0.1) is 0 Å². The first kappa shape index (κ1) is 21.9. The lowest BCUT2D eigenvalue weighted by atomic mass is 9.98. The van der Waals surface area contributed by atoms with Gasteiger partial charge in [-0.3, -0.25) is 14.3 Å². The number of aliphatic hydroxyl groups excluding tert-OH is 2. The molecule has 1 aliphatic heterocycles. The summed E-state index contributed by atoms with van der Waals surface area (Å²) in [5, 5.41) is 19.3. The van der Waals surface area contributed by atoms with E-state index in [1.165, 1.54) is 0 Å². The molecule has 1 saturated heterocycles. The molecule has 0 aliphatic carbocycles. The number of H-pyrrole nitrogens is 1.